The van der Waals surface area contributed by atoms with Gasteiger partial charge in [-0.25, -0.2) is 4.98 Å². The number of rotatable bonds is 40. The number of hydrogen-bond donors (Lipinski definition) is 10. The Morgan fingerprint density at radius 1 is 0.615 bits per heavy atom. The summed E-state index contributed by atoms with van der Waals surface area (Å²) in [5, 5.41) is 7.58. The van der Waals surface area contributed by atoms with Gasteiger partial charge in [-0.05, 0) is 82.9 Å². The molecule has 0 aromatic carbocycles. The van der Waals surface area contributed by atoms with E-state index < -0.39 is 29.9 Å². The van der Waals surface area contributed by atoms with E-state index in [1.165, 1.54) is 21.0 Å². The number of nitrogens with one attached hydrogen (secondary N) is 2. The number of aromatic nitrogens is 2. The van der Waals surface area contributed by atoms with Crippen molar-refractivity contribution in [3.63, 3.8) is 0 Å². The zero-order chi connectivity index (χ0) is 48.6. The lowest BCUT2D eigenvalue weighted by molar-refractivity contribution is -0.141. The number of ketones is 2. The highest BCUT2D eigenvalue weighted by Crippen LogP contribution is 2.21. The van der Waals surface area contributed by atoms with Gasteiger partial charge < -0.3 is 59.8 Å². The summed E-state index contributed by atoms with van der Waals surface area (Å²) in [6, 6.07) is -2.70. The van der Waals surface area contributed by atoms with Gasteiger partial charge in [0.2, 0.25) is 29.5 Å². The minimum absolute atomic E-state index is 0.0123. The van der Waals surface area contributed by atoms with Crippen LogP contribution in [0.15, 0.2) is 17.5 Å². The molecule has 0 fully saturated rings. The van der Waals surface area contributed by atoms with Gasteiger partial charge in [0.25, 0.3) is 0 Å². The molecule has 0 aliphatic heterocycles. The second-order valence-corrected chi connectivity index (χ2v) is 16.7. The van der Waals surface area contributed by atoms with Crippen molar-refractivity contribution in [2.24, 2.45) is 45.1 Å². The molecular formula is C43H78N14O7S. The fraction of sp³-hybridized carbons (Fsp3) is 0.721. The Balaban J connectivity index is 3.47. The van der Waals surface area contributed by atoms with Crippen LogP contribution in [-0.4, -0.2) is 141 Å². The number of guanidine groups is 1. The summed E-state index contributed by atoms with van der Waals surface area (Å²) in [6.45, 7) is 1.11. The van der Waals surface area contributed by atoms with Crippen molar-refractivity contribution < 1.29 is 33.6 Å². The third-order valence-corrected chi connectivity index (χ3v) is 11.2. The number of amides is 5. The topological polar surface area (TPSA) is 376 Å². The number of hydrogen-bond acceptors (Lipinski definition) is 13. The molecule has 3 atom stereocenters. The lowest BCUT2D eigenvalue weighted by Gasteiger charge is -2.33. The normalized spacial score (nSPS) is 12.4. The molecule has 1 aromatic rings. The van der Waals surface area contributed by atoms with Crippen LogP contribution in [0.1, 0.15) is 134 Å². The van der Waals surface area contributed by atoms with Gasteiger partial charge in [0, 0.05) is 96.0 Å². The van der Waals surface area contributed by atoms with Crippen LogP contribution in [0.25, 0.3) is 0 Å². The molecule has 368 valence electrons. The van der Waals surface area contributed by atoms with Crippen LogP contribution in [-0.2, 0) is 40.0 Å². The largest absolute Gasteiger partial charge is 0.388 e. The summed E-state index contributed by atoms with van der Waals surface area (Å²) < 4.78 is 0. The second-order valence-electron chi connectivity index (χ2n) is 16.2. The van der Waals surface area contributed by atoms with E-state index in [0.717, 1.165) is 0 Å². The maximum absolute atomic E-state index is 14.5. The first-order valence-electron chi connectivity index (χ1n) is 23.0. The summed E-state index contributed by atoms with van der Waals surface area (Å²) >= 11 is 4.21. The number of aromatic amines is 1. The molecule has 1 aromatic heterocycles. The molecule has 0 aliphatic carbocycles. The molecule has 0 bridgehead atoms. The monoisotopic (exact) mass is 935 g/mol. The average molecular weight is 935 g/mol. The average Bonchev–Trinajstić information content (AvgIpc) is 3.77. The Morgan fingerprint density at radius 2 is 1.15 bits per heavy atom. The highest BCUT2D eigenvalue weighted by atomic mass is 32.1. The van der Waals surface area contributed by atoms with Crippen molar-refractivity contribution in [3.05, 3.63) is 18.2 Å². The molecule has 65 heavy (non-hydrogen) atoms. The van der Waals surface area contributed by atoms with E-state index in [4.69, 9.17) is 45.5 Å². The lowest BCUT2D eigenvalue weighted by Crippen LogP contribution is -2.49. The number of H-pyrrole nitrogens is 1. The van der Waals surface area contributed by atoms with Gasteiger partial charge in [-0.15, -0.1) is 0 Å². The Bertz CT molecular complexity index is 1640. The molecular weight excluding hydrogens is 857 g/mol. The molecule has 22 heteroatoms. The van der Waals surface area contributed by atoms with Crippen molar-refractivity contribution in [2.75, 3.05) is 45.0 Å². The summed E-state index contributed by atoms with van der Waals surface area (Å²) in [7, 11) is 0. The number of carbonyl (C=O) groups excluding carboxylic acids is 7. The van der Waals surface area contributed by atoms with Crippen LogP contribution >= 0.6 is 12.6 Å². The van der Waals surface area contributed by atoms with Crippen molar-refractivity contribution in [1.29, 1.82) is 5.41 Å². The quantitative estimate of drug-likeness (QED) is 0.0186. The molecule has 21 nitrogen and oxygen atoms in total. The molecule has 0 saturated heterocycles. The van der Waals surface area contributed by atoms with Gasteiger partial charge in [-0.1, -0.05) is 12.8 Å². The van der Waals surface area contributed by atoms with E-state index in [2.05, 4.69) is 27.6 Å². The smallest absolute Gasteiger partial charge is 0.240 e. The van der Waals surface area contributed by atoms with E-state index in [-0.39, 0.29) is 131 Å². The van der Waals surface area contributed by atoms with Crippen molar-refractivity contribution in [2.45, 2.75) is 153 Å². The number of Topliss-reactive ketones (excluding diaryl/α,β-unsaturated/α-hetero) is 2. The Labute approximate surface area is 389 Å². The molecule has 1 heterocycles. The first kappa shape index (κ1) is 57.9. The molecule has 3 unspecified atom stereocenters. The first-order chi connectivity index (χ1) is 31.1. The molecule has 0 aliphatic rings. The summed E-state index contributed by atoms with van der Waals surface area (Å²) in [4.78, 5) is 109. The van der Waals surface area contributed by atoms with Gasteiger partial charge in [-0.2, -0.15) is 12.6 Å². The van der Waals surface area contributed by atoms with E-state index >= 15 is 0 Å². The zero-order valence-corrected chi connectivity index (χ0v) is 39.2. The number of primary amides is 2. The molecule has 16 N–H and O–H groups in total. The molecule has 0 saturated carbocycles. The van der Waals surface area contributed by atoms with Crippen LogP contribution < -0.4 is 40.1 Å². The Morgan fingerprint density at radius 3 is 1.69 bits per heavy atom. The molecule has 0 radical (unpaired) electrons. The molecule has 0 spiro atoms. The van der Waals surface area contributed by atoms with Gasteiger partial charge >= 0.3 is 0 Å². The summed E-state index contributed by atoms with van der Waals surface area (Å²) in [5.74, 6) is -2.26. The van der Waals surface area contributed by atoms with Gasteiger partial charge in [-0.3, -0.25) is 44.0 Å². The number of aliphatic imine (C=N–C) groups is 1. The maximum Gasteiger partial charge on any atom is 0.240 e. The van der Waals surface area contributed by atoms with Crippen molar-refractivity contribution in [3.8, 4) is 0 Å². The van der Waals surface area contributed by atoms with Gasteiger partial charge in [0.15, 0.2) is 17.5 Å². The number of imidazole rings is 1. The van der Waals surface area contributed by atoms with E-state index in [1.807, 2.05) is 0 Å². The van der Waals surface area contributed by atoms with Crippen LogP contribution in [0.5, 0.6) is 0 Å². The Hall–Kier alpha value is -5.09. The fourth-order valence-electron chi connectivity index (χ4n) is 7.64. The minimum atomic E-state index is -0.993. The standard InChI is InChI=1S/C43H78N14O7S/c44-21-8-6-13-33(42(49)64)55(39(61)19-7-9-23-53-43(50)51)24-11-15-36(59)34(28-31-29-52-30-54-31)56(40(62)18-3-1-2-17-38(48)60)25-10-14-35(58)32(12-4-5-16-37(46)47)57(26-22-45)41(63)20-27-65/h29-30,32-34,65H,1-28,44-45H2,(H3,46,47)(H2,48,60)(H2,49,64)(H,52,54)(H4,50,51,53). The predicted molar refractivity (Wildman–Crippen MR) is 254 cm³/mol. The number of amidine groups is 1. The number of nitrogens with two attached hydrogens (primary N) is 7. The van der Waals surface area contributed by atoms with Gasteiger partial charge in [0.05, 0.1) is 24.2 Å². The molecule has 5 amide bonds. The van der Waals surface area contributed by atoms with E-state index in [0.29, 0.717) is 95.8 Å². The van der Waals surface area contributed by atoms with Crippen molar-refractivity contribution in [1.82, 2.24) is 24.7 Å². The Kier molecular flexibility index (Phi) is 30.6. The third kappa shape index (κ3) is 24.7. The van der Waals surface area contributed by atoms with Crippen LogP contribution in [0.2, 0.25) is 0 Å². The van der Waals surface area contributed by atoms with E-state index in [9.17, 15) is 33.6 Å². The van der Waals surface area contributed by atoms with Crippen molar-refractivity contribution >= 4 is 65.5 Å². The van der Waals surface area contributed by atoms with Crippen LogP contribution in [0.3, 0.4) is 0 Å². The molecule has 1 rings (SSSR count). The highest BCUT2D eigenvalue weighted by molar-refractivity contribution is 7.80. The maximum atomic E-state index is 14.5. The summed E-state index contributed by atoms with van der Waals surface area (Å²) in [5.41, 5.74) is 39.7. The SMILES string of the molecule is N=C(N)CCCCC(C(=O)CCCN(C(=O)CCCCCC(N)=O)C(Cc1cnc[nH]1)C(=O)CCCN(C(=O)CCCCN=C(N)N)C(CCCCN)C(N)=O)N(CCN)C(=O)CCS. The second kappa shape index (κ2) is 34.3. The fourth-order valence-corrected chi connectivity index (χ4v) is 7.83. The van der Waals surface area contributed by atoms with Crippen LogP contribution in [0, 0.1) is 5.41 Å². The van der Waals surface area contributed by atoms with Gasteiger partial charge in [0.1, 0.15) is 6.04 Å². The highest BCUT2D eigenvalue weighted by Gasteiger charge is 2.33. The van der Waals surface area contributed by atoms with E-state index in [1.54, 1.807) is 6.20 Å². The van der Waals surface area contributed by atoms with Crippen LogP contribution in [0.4, 0.5) is 0 Å². The number of carbonyl (C=O) groups is 7. The third-order valence-electron chi connectivity index (χ3n) is 11.0. The number of thiol groups is 1. The predicted octanol–water partition coefficient (Wildman–Crippen LogP) is 0.511. The zero-order valence-electron chi connectivity index (χ0n) is 38.3. The minimum Gasteiger partial charge on any atom is -0.388 e. The summed E-state index contributed by atoms with van der Waals surface area (Å²) in [6.07, 6.45) is 9.54. The first-order valence-corrected chi connectivity index (χ1v) is 23.6. The number of nitrogens with zero attached hydrogens (tertiary/aromatic N) is 5. The lowest BCUT2D eigenvalue weighted by atomic mass is 9.97. The number of unbranched alkanes of at least 4 members (excludes halogenated alkanes) is 5.